The van der Waals surface area contributed by atoms with Crippen molar-refractivity contribution in [3.8, 4) is 0 Å². The lowest BCUT2D eigenvalue weighted by Gasteiger charge is -2.17. The molecule has 21 heavy (non-hydrogen) atoms. The highest BCUT2D eigenvalue weighted by atomic mass is 35.5. The van der Waals surface area contributed by atoms with E-state index in [9.17, 15) is 9.59 Å². The van der Waals surface area contributed by atoms with Crippen molar-refractivity contribution in [3.05, 3.63) is 28.8 Å². The van der Waals surface area contributed by atoms with E-state index in [-0.39, 0.29) is 11.9 Å². The summed E-state index contributed by atoms with van der Waals surface area (Å²) in [5.41, 5.74) is 1.97. The van der Waals surface area contributed by atoms with Gasteiger partial charge in [0.25, 0.3) is 0 Å². The fraction of sp³-hybridized carbons (Fsp3) is 0.500. The summed E-state index contributed by atoms with van der Waals surface area (Å²) in [6, 6.07) is 5.58. The molecule has 1 heterocycles. The Balaban J connectivity index is 1.78. The molecule has 0 unspecified atom stereocenters. The number of ether oxygens (including phenoxy) is 1. The summed E-state index contributed by atoms with van der Waals surface area (Å²) in [6.45, 7) is 2.91. The first-order valence-electron chi connectivity index (χ1n) is 7.36. The fourth-order valence-electron chi connectivity index (χ4n) is 2.52. The van der Waals surface area contributed by atoms with Crippen molar-refractivity contribution in [1.29, 1.82) is 0 Å². The van der Waals surface area contributed by atoms with Crippen LogP contribution < -0.4 is 4.90 Å². The molecule has 0 atom stereocenters. The number of unbranched alkanes of at least 4 members (excludes halogenated alkanes) is 2. The van der Waals surface area contributed by atoms with Gasteiger partial charge in [-0.05, 0) is 37.5 Å². The van der Waals surface area contributed by atoms with E-state index in [2.05, 4.69) is 0 Å². The summed E-state index contributed by atoms with van der Waals surface area (Å²) in [7, 11) is 0. The molecule has 0 saturated heterocycles. The molecular weight excluding hydrogens is 290 g/mol. The summed E-state index contributed by atoms with van der Waals surface area (Å²) in [4.78, 5) is 25.0. The van der Waals surface area contributed by atoms with Crippen LogP contribution in [0.2, 0.25) is 5.02 Å². The topological polar surface area (TPSA) is 46.6 Å². The van der Waals surface area contributed by atoms with Gasteiger partial charge in [0.2, 0.25) is 5.91 Å². The summed E-state index contributed by atoms with van der Waals surface area (Å²) in [6.07, 6.45) is 3.47. The molecule has 0 aliphatic carbocycles. The molecular formula is C16H20ClNO3. The van der Waals surface area contributed by atoms with E-state index >= 15 is 0 Å². The molecule has 2 rings (SSSR count). The maximum Gasteiger partial charge on any atom is 0.305 e. The Kier molecular flexibility index (Phi) is 5.62. The van der Waals surface area contributed by atoms with Crippen LogP contribution >= 0.6 is 11.6 Å². The minimum atomic E-state index is -0.146. The Morgan fingerprint density at radius 1 is 1.33 bits per heavy atom. The van der Waals surface area contributed by atoms with Crippen molar-refractivity contribution >= 4 is 29.2 Å². The van der Waals surface area contributed by atoms with Gasteiger partial charge in [-0.25, -0.2) is 0 Å². The highest BCUT2D eigenvalue weighted by molar-refractivity contribution is 6.31. The summed E-state index contributed by atoms with van der Waals surface area (Å²) in [5.74, 6) is -0.0236. The van der Waals surface area contributed by atoms with Crippen molar-refractivity contribution < 1.29 is 14.3 Å². The van der Waals surface area contributed by atoms with Crippen LogP contribution in [0.4, 0.5) is 5.69 Å². The standard InChI is InChI=1S/C16H20ClNO3/c1-2-21-16(20)6-4-3-5-9-18-14-11-13(17)8-7-12(14)10-15(18)19/h7-8,11H,2-6,9-10H2,1H3. The van der Waals surface area contributed by atoms with E-state index in [1.54, 1.807) is 11.8 Å². The van der Waals surface area contributed by atoms with E-state index in [1.807, 2.05) is 18.2 Å². The van der Waals surface area contributed by atoms with Gasteiger partial charge < -0.3 is 9.64 Å². The molecule has 1 aromatic rings. The second-order valence-electron chi connectivity index (χ2n) is 5.11. The minimum absolute atomic E-state index is 0.123. The quantitative estimate of drug-likeness (QED) is 0.573. The number of fused-ring (bicyclic) bond motifs is 1. The number of nitrogens with zero attached hydrogens (tertiary/aromatic N) is 1. The monoisotopic (exact) mass is 309 g/mol. The van der Waals surface area contributed by atoms with Crippen molar-refractivity contribution in [1.82, 2.24) is 0 Å². The third-order valence-corrected chi connectivity index (χ3v) is 3.78. The lowest BCUT2D eigenvalue weighted by atomic mass is 10.1. The molecule has 0 aromatic heterocycles. The van der Waals surface area contributed by atoms with Gasteiger partial charge in [0.05, 0.1) is 13.0 Å². The average molecular weight is 310 g/mol. The van der Waals surface area contributed by atoms with Crippen LogP contribution in [0.3, 0.4) is 0 Å². The molecule has 0 radical (unpaired) electrons. The lowest BCUT2D eigenvalue weighted by molar-refractivity contribution is -0.143. The van der Waals surface area contributed by atoms with Crippen LogP contribution in [-0.4, -0.2) is 25.0 Å². The van der Waals surface area contributed by atoms with Crippen LogP contribution in [-0.2, 0) is 20.7 Å². The normalized spacial score (nSPS) is 13.4. The Bertz CT molecular complexity index is 530. The Hall–Kier alpha value is -1.55. The van der Waals surface area contributed by atoms with Crippen molar-refractivity contribution in [2.75, 3.05) is 18.1 Å². The Labute approximate surface area is 130 Å². The zero-order valence-electron chi connectivity index (χ0n) is 12.2. The second-order valence-corrected chi connectivity index (χ2v) is 5.55. The molecule has 0 spiro atoms. The lowest BCUT2D eigenvalue weighted by Crippen LogP contribution is -2.27. The number of amides is 1. The van der Waals surface area contributed by atoms with Crippen LogP contribution in [0.1, 0.15) is 38.2 Å². The molecule has 0 N–H and O–H groups in total. The molecule has 5 heteroatoms. The first kappa shape index (κ1) is 15.8. The highest BCUT2D eigenvalue weighted by Crippen LogP contribution is 2.31. The average Bonchev–Trinajstić information content (AvgIpc) is 2.74. The van der Waals surface area contributed by atoms with Gasteiger partial charge in [0.1, 0.15) is 0 Å². The van der Waals surface area contributed by atoms with Crippen LogP contribution in [0.25, 0.3) is 0 Å². The maximum atomic E-state index is 12.0. The number of rotatable bonds is 7. The molecule has 1 aromatic carbocycles. The van der Waals surface area contributed by atoms with Gasteiger partial charge in [-0.1, -0.05) is 24.1 Å². The summed E-state index contributed by atoms with van der Waals surface area (Å²) < 4.78 is 4.88. The van der Waals surface area contributed by atoms with Crippen molar-refractivity contribution in [2.24, 2.45) is 0 Å². The molecule has 1 aliphatic heterocycles. The summed E-state index contributed by atoms with van der Waals surface area (Å²) >= 11 is 6.00. The van der Waals surface area contributed by atoms with E-state index in [0.29, 0.717) is 31.0 Å². The van der Waals surface area contributed by atoms with E-state index < -0.39 is 0 Å². The van der Waals surface area contributed by atoms with Gasteiger partial charge in [-0.2, -0.15) is 0 Å². The number of esters is 1. The van der Waals surface area contributed by atoms with Gasteiger partial charge >= 0.3 is 5.97 Å². The Morgan fingerprint density at radius 3 is 2.90 bits per heavy atom. The van der Waals surface area contributed by atoms with Crippen LogP contribution in [0.5, 0.6) is 0 Å². The SMILES string of the molecule is CCOC(=O)CCCCCN1C(=O)Cc2ccc(Cl)cc21. The molecule has 1 aliphatic rings. The summed E-state index contributed by atoms with van der Waals surface area (Å²) in [5, 5.41) is 0.649. The highest BCUT2D eigenvalue weighted by Gasteiger charge is 2.26. The number of benzene rings is 1. The van der Waals surface area contributed by atoms with Crippen molar-refractivity contribution in [3.63, 3.8) is 0 Å². The van der Waals surface area contributed by atoms with Gasteiger partial charge in [-0.15, -0.1) is 0 Å². The minimum Gasteiger partial charge on any atom is -0.466 e. The number of halogens is 1. The van der Waals surface area contributed by atoms with E-state index in [4.69, 9.17) is 16.3 Å². The van der Waals surface area contributed by atoms with E-state index in [0.717, 1.165) is 30.5 Å². The van der Waals surface area contributed by atoms with Gasteiger partial charge in [0, 0.05) is 23.7 Å². The molecule has 0 saturated carbocycles. The first-order valence-corrected chi connectivity index (χ1v) is 7.74. The number of carbonyl (C=O) groups is 2. The number of carbonyl (C=O) groups excluding carboxylic acids is 2. The zero-order valence-corrected chi connectivity index (χ0v) is 13.0. The second kappa shape index (κ2) is 7.46. The van der Waals surface area contributed by atoms with Gasteiger partial charge in [-0.3, -0.25) is 9.59 Å². The number of hydrogen-bond acceptors (Lipinski definition) is 3. The molecule has 4 nitrogen and oxygen atoms in total. The Morgan fingerprint density at radius 2 is 2.14 bits per heavy atom. The largest absolute Gasteiger partial charge is 0.466 e. The molecule has 0 bridgehead atoms. The molecule has 1 amide bonds. The third-order valence-electron chi connectivity index (χ3n) is 3.55. The molecule has 0 fully saturated rings. The fourth-order valence-corrected chi connectivity index (χ4v) is 2.69. The van der Waals surface area contributed by atoms with Crippen molar-refractivity contribution in [2.45, 2.75) is 39.0 Å². The van der Waals surface area contributed by atoms with Crippen LogP contribution in [0.15, 0.2) is 18.2 Å². The van der Waals surface area contributed by atoms with E-state index in [1.165, 1.54) is 0 Å². The first-order chi connectivity index (χ1) is 10.1. The van der Waals surface area contributed by atoms with Crippen LogP contribution in [0, 0.1) is 0 Å². The number of anilines is 1. The zero-order chi connectivity index (χ0) is 15.2. The van der Waals surface area contributed by atoms with Gasteiger partial charge in [0.15, 0.2) is 0 Å². The smallest absolute Gasteiger partial charge is 0.305 e. The predicted molar refractivity (Wildman–Crippen MR) is 82.6 cm³/mol. The third kappa shape index (κ3) is 4.21. The number of hydrogen-bond donors (Lipinski definition) is 0. The maximum absolute atomic E-state index is 12.0. The predicted octanol–water partition coefficient (Wildman–Crippen LogP) is 3.35. The molecule has 114 valence electrons.